The number of rotatable bonds is 2. The molecule has 1 N–H and O–H groups in total. The summed E-state index contributed by atoms with van der Waals surface area (Å²) >= 11 is 0. The molecular formula is C8H14O3. The molecule has 1 saturated heterocycles. The molecule has 0 radical (unpaired) electrons. The highest BCUT2D eigenvalue weighted by atomic mass is 17.2. The van der Waals surface area contributed by atoms with Gasteiger partial charge < -0.3 is 5.11 Å². The third-order valence-corrected chi connectivity index (χ3v) is 1.92. The van der Waals surface area contributed by atoms with E-state index in [0.717, 1.165) is 0 Å². The van der Waals surface area contributed by atoms with Gasteiger partial charge in [-0.2, -0.15) is 0 Å². The summed E-state index contributed by atoms with van der Waals surface area (Å²) in [4.78, 5) is 9.99. The Morgan fingerprint density at radius 1 is 1.55 bits per heavy atom. The smallest absolute Gasteiger partial charge is 0.127 e. The third-order valence-electron chi connectivity index (χ3n) is 1.92. The van der Waals surface area contributed by atoms with Crippen LogP contribution in [0, 0.1) is 0 Å². The molecule has 0 amide bonds. The molecule has 0 aromatic rings. The van der Waals surface area contributed by atoms with Gasteiger partial charge in [-0.3, -0.25) is 0 Å². The molecule has 1 heterocycles. The third kappa shape index (κ3) is 1.61. The van der Waals surface area contributed by atoms with E-state index < -0.39 is 11.2 Å². The molecule has 1 aliphatic heterocycles. The van der Waals surface area contributed by atoms with Crippen molar-refractivity contribution in [3.8, 4) is 0 Å². The maximum absolute atomic E-state index is 8.91. The second kappa shape index (κ2) is 2.59. The Morgan fingerprint density at radius 3 is 2.45 bits per heavy atom. The fraction of sp³-hybridized carbons (Fsp3) is 0.750. The van der Waals surface area contributed by atoms with E-state index in [-0.39, 0.29) is 6.61 Å². The Kier molecular flexibility index (Phi) is 2.05. The molecule has 1 aliphatic rings. The summed E-state index contributed by atoms with van der Waals surface area (Å²) in [6.07, 6.45) is 2.33. The van der Waals surface area contributed by atoms with Gasteiger partial charge in [0.25, 0.3) is 0 Å². The average Bonchev–Trinajstić information content (AvgIpc) is 2.30. The van der Waals surface area contributed by atoms with Crippen molar-refractivity contribution in [1.29, 1.82) is 0 Å². The zero-order valence-electron chi connectivity index (χ0n) is 6.96. The number of aliphatic hydroxyl groups is 1. The van der Waals surface area contributed by atoms with E-state index in [0.29, 0.717) is 6.42 Å². The van der Waals surface area contributed by atoms with E-state index >= 15 is 0 Å². The minimum Gasteiger partial charge on any atom is -0.393 e. The lowest BCUT2D eigenvalue weighted by Gasteiger charge is -2.17. The lowest BCUT2D eigenvalue weighted by molar-refractivity contribution is -0.339. The highest BCUT2D eigenvalue weighted by Gasteiger charge is 2.44. The Labute approximate surface area is 66.5 Å². The minimum absolute atomic E-state index is 0.0313. The monoisotopic (exact) mass is 158 g/mol. The first kappa shape index (κ1) is 8.71. The van der Waals surface area contributed by atoms with Gasteiger partial charge in [-0.25, -0.2) is 9.78 Å². The second-order valence-electron chi connectivity index (χ2n) is 3.47. The van der Waals surface area contributed by atoms with Crippen molar-refractivity contribution in [2.45, 2.75) is 31.5 Å². The van der Waals surface area contributed by atoms with Crippen molar-refractivity contribution in [3.63, 3.8) is 0 Å². The van der Waals surface area contributed by atoms with Crippen molar-refractivity contribution in [2.24, 2.45) is 0 Å². The van der Waals surface area contributed by atoms with Crippen molar-refractivity contribution < 1.29 is 14.9 Å². The van der Waals surface area contributed by atoms with Crippen LogP contribution in [0.3, 0.4) is 0 Å². The molecule has 0 aromatic carbocycles. The summed E-state index contributed by atoms with van der Waals surface area (Å²) < 4.78 is 0. The van der Waals surface area contributed by atoms with E-state index in [1.807, 2.05) is 13.8 Å². The van der Waals surface area contributed by atoms with Gasteiger partial charge in [-0.15, -0.1) is 6.58 Å². The van der Waals surface area contributed by atoms with Crippen LogP contribution in [0.2, 0.25) is 0 Å². The topological polar surface area (TPSA) is 38.7 Å². The molecule has 3 nitrogen and oxygen atoms in total. The van der Waals surface area contributed by atoms with E-state index in [1.165, 1.54) is 0 Å². The van der Waals surface area contributed by atoms with Crippen LogP contribution in [-0.4, -0.2) is 22.9 Å². The van der Waals surface area contributed by atoms with E-state index in [1.54, 1.807) is 6.08 Å². The van der Waals surface area contributed by atoms with Crippen molar-refractivity contribution >= 4 is 0 Å². The van der Waals surface area contributed by atoms with Crippen LogP contribution in [0.25, 0.3) is 0 Å². The minimum atomic E-state index is -0.567. The molecule has 0 unspecified atom stereocenters. The van der Waals surface area contributed by atoms with Gasteiger partial charge in [-0.1, -0.05) is 6.08 Å². The summed E-state index contributed by atoms with van der Waals surface area (Å²) in [7, 11) is 0. The summed E-state index contributed by atoms with van der Waals surface area (Å²) in [5, 5.41) is 8.91. The molecule has 2 atom stereocenters. The van der Waals surface area contributed by atoms with Crippen LogP contribution >= 0.6 is 0 Å². The van der Waals surface area contributed by atoms with Crippen molar-refractivity contribution in [2.75, 3.05) is 6.61 Å². The first-order valence-corrected chi connectivity index (χ1v) is 3.65. The number of aliphatic hydroxyl groups excluding tert-OH is 1. The Balaban J connectivity index is 2.66. The van der Waals surface area contributed by atoms with Crippen molar-refractivity contribution in [3.05, 3.63) is 12.7 Å². The van der Waals surface area contributed by atoms with E-state index in [4.69, 9.17) is 14.9 Å². The lowest BCUT2D eigenvalue weighted by Crippen LogP contribution is -2.30. The van der Waals surface area contributed by atoms with Gasteiger partial charge in [0.2, 0.25) is 0 Å². The normalized spacial score (nSPS) is 44.3. The highest BCUT2D eigenvalue weighted by molar-refractivity contribution is 5.00. The second-order valence-corrected chi connectivity index (χ2v) is 3.47. The van der Waals surface area contributed by atoms with Crippen LogP contribution in [0.1, 0.15) is 20.3 Å². The average molecular weight is 158 g/mol. The SMILES string of the molecule is C=C[C@]1(C)C[C@@](C)(CO)OO1. The van der Waals surface area contributed by atoms with Gasteiger partial charge >= 0.3 is 0 Å². The zero-order valence-corrected chi connectivity index (χ0v) is 6.96. The van der Waals surface area contributed by atoms with E-state index in [9.17, 15) is 0 Å². The molecule has 0 saturated carbocycles. The molecule has 64 valence electrons. The largest absolute Gasteiger partial charge is 0.393 e. The molecule has 1 rings (SSSR count). The lowest BCUT2D eigenvalue weighted by atomic mass is 9.91. The van der Waals surface area contributed by atoms with Gasteiger partial charge in [0, 0.05) is 6.42 Å². The van der Waals surface area contributed by atoms with Crippen LogP contribution in [-0.2, 0) is 9.78 Å². The fourth-order valence-corrected chi connectivity index (χ4v) is 1.19. The molecule has 0 spiro atoms. The van der Waals surface area contributed by atoms with Gasteiger partial charge in [0.05, 0.1) is 6.61 Å². The number of hydrogen-bond acceptors (Lipinski definition) is 3. The maximum atomic E-state index is 8.91. The summed E-state index contributed by atoms with van der Waals surface area (Å²) in [5.41, 5.74) is -1.01. The molecule has 0 aromatic heterocycles. The van der Waals surface area contributed by atoms with Crippen LogP contribution in [0.4, 0.5) is 0 Å². The molecule has 1 fully saturated rings. The van der Waals surface area contributed by atoms with Crippen molar-refractivity contribution in [1.82, 2.24) is 0 Å². The fourth-order valence-electron chi connectivity index (χ4n) is 1.19. The predicted molar refractivity (Wildman–Crippen MR) is 40.9 cm³/mol. The Bertz CT molecular complexity index is 169. The summed E-state index contributed by atoms with van der Waals surface area (Å²) in [5.74, 6) is 0. The molecule has 0 bridgehead atoms. The quantitative estimate of drug-likeness (QED) is 0.482. The maximum Gasteiger partial charge on any atom is 0.127 e. The molecule has 0 aliphatic carbocycles. The van der Waals surface area contributed by atoms with Gasteiger partial charge in [0.1, 0.15) is 11.2 Å². The summed E-state index contributed by atoms with van der Waals surface area (Å²) in [6.45, 7) is 7.28. The van der Waals surface area contributed by atoms with Crippen LogP contribution < -0.4 is 0 Å². The first-order valence-electron chi connectivity index (χ1n) is 3.65. The number of hydrogen-bond donors (Lipinski definition) is 1. The molecule has 11 heavy (non-hydrogen) atoms. The van der Waals surface area contributed by atoms with Gasteiger partial charge in [0.15, 0.2) is 0 Å². The van der Waals surface area contributed by atoms with Gasteiger partial charge in [-0.05, 0) is 13.8 Å². The molecular weight excluding hydrogens is 144 g/mol. The Morgan fingerprint density at radius 2 is 2.18 bits per heavy atom. The predicted octanol–water partition coefficient (Wildman–Crippen LogP) is 1.03. The molecule has 3 heteroatoms. The van der Waals surface area contributed by atoms with Crippen LogP contribution in [0.5, 0.6) is 0 Å². The van der Waals surface area contributed by atoms with E-state index in [2.05, 4.69) is 6.58 Å². The zero-order chi connectivity index (χ0) is 8.54. The standard InChI is InChI=1S/C8H14O3/c1-4-7(2)5-8(3,6-9)11-10-7/h4,9H,1,5-6H2,2-3H3/t7-,8+/m1/s1. The van der Waals surface area contributed by atoms with Crippen LogP contribution in [0.15, 0.2) is 12.7 Å². The summed E-state index contributed by atoms with van der Waals surface area (Å²) in [6, 6.07) is 0. The first-order chi connectivity index (χ1) is 5.04. The Hall–Kier alpha value is -0.380. The highest BCUT2D eigenvalue weighted by Crippen LogP contribution is 2.35.